The maximum Gasteiger partial charge on any atom is 0.326 e. The van der Waals surface area contributed by atoms with Crippen molar-refractivity contribution in [1.29, 1.82) is 0 Å². The molecule has 4 amide bonds. The van der Waals surface area contributed by atoms with Gasteiger partial charge in [0.15, 0.2) is 12.1 Å². The zero-order valence-corrected chi connectivity index (χ0v) is 16.7. The fourth-order valence-electron chi connectivity index (χ4n) is 4.24. The van der Waals surface area contributed by atoms with Crippen molar-refractivity contribution in [1.82, 2.24) is 15.1 Å². The number of esters is 1. The summed E-state index contributed by atoms with van der Waals surface area (Å²) in [4.78, 5) is 52.7. The molecule has 1 spiro atoms. The number of imide groups is 1. The molecule has 30 heavy (non-hydrogen) atoms. The number of carbonyl (C=O) groups excluding carboxylic acids is 4. The van der Waals surface area contributed by atoms with Crippen LogP contribution in [-0.4, -0.2) is 66.5 Å². The van der Waals surface area contributed by atoms with Crippen molar-refractivity contribution >= 4 is 23.8 Å². The average molecular weight is 415 g/mol. The lowest BCUT2D eigenvalue weighted by Gasteiger charge is -2.33. The summed E-state index contributed by atoms with van der Waals surface area (Å²) < 4.78 is 10.7. The Morgan fingerprint density at radius 3 is 2.60 bits per heavy atom. The number of ether oxygens (including phenoxy) is 2. The van der Waals surface area contributed by atoms with Gasteiger partial charge in [-0.3, -0.25) is 19.3 Å². The van der Waals surface area contributed by atoms with Crippen LogP contribution in [0.3, 0.4) is 0 Å². The number of urea groups is 1. The lowest BCUT2D eigenvalue weighted by Crippen LogP contribution is -2.47. The number of benzene rings is 1. The molecule has 9 heteroatoms. The van der Waals surface area contributed by atoms with Crippen molar-refractivity contribution < 1.29 is 28.7 Å². The summed E-state index contributed by atoms with van der Waals surface area (Å²) >= 11 is 0. The number of carbonyl (C=O) groups is 4. The van der Waals surface area contributed by atoms with Gasteiger partial charge in [-0.25, -0.2) is 4.79 Å². The highest BCUT2D eigenvalue weighted by atomic mass is 16.5. The summed E-state index contributed by atoms with van der Waals surface area (Å²) in [5.74, 6) is -1.03. The number of amides is 4. The number of para-hydroxylation sites is 1. The van der Waals surface area contributed by atoms with Gasteiger partial charge in [0.05, 0.1) is 6.61 Å². The third-order valence-electron chi connectivity index (χ3n) is 5.86. The molecule has 1 atom stereocenters. The largest absolute Gasteiger partial charge is 0.493 e. The fourth-order valence-corrected chi connectivity index (χ4v) is 4.24. The Morgan fingerprint density at radius 2 is 1.83 bits per heavy atom. The first-order chi connectivity index (χ1) is 14.5. The third kappa shape index (κ3) is 3.71. The van der Waals surface area contributed by atoms with Gasteiger partial charge in [-0.1, -0.05) is 31.0 Å². The zero-order valence-electron chi connectivity index (χ0n) is 16.7. The average Bonchev–Trinajstić information content (AvgIpc) is 2.94. The van der Waals surface area contributed by atoms with Crippen molar-refractivity contribution in [3.05, 3.63) is 29.8 Å². The smallest absolute Gasteiger partial charge is 0.326 e. The van der Waals surface area contributed by atoms with Crippen LogP contribution < -0.4 is 10.1 Å². The van der Waals surface area contributed by atoms with E-state index in [-0.39, 0.29) is 25.5 Å². The van der Waals surface area contributed by atoms with Crippen LogP contribution >= 0.6 is 0 Å². The Labute approximate surface area is 174 Å². The van der Waals surface area contributed by atoms with Crippen LogP contribution in [0.1, 0.15) is 37.7 Å². The Balaban J connectivity index is 1.38. The minimum Gasteiger partial charge on any atom is -0.493 e. The minimum atomic E-state index is -1.24. The highest BCUT2D eigenvalue weighted by molar-refractivity contribution is 6.09. The van der Waals surface area contributed by atoms with Gasteiger partial charge in [-0.05, 0) is 18.9 Å². The van der Waals surface area contributed by atoms with E-state index < -0.39 is 30.0 Å². The molecular weight excluding hydrogens is 390 g/mol. The predicted octanol–water partition coefficient (Wildman–Crippen LogP) is 1.16. The van der Waals surface area contributed by atoms with Crippen molar-refractivity contribution in [3.8, 4) is 5.75 Å². The molecule has 3 aliphatic heterocycles. The molecule has 1 N–H and O–H groups in total. The van der Waals surface area contributed by atoms with E-state index in [1.54, 1.807) is 29.2 Å². The van der Waals surface area contributed by atoms with Crippen LogP contribution in [0.4, 0.5) is 4.79 Å². The first-order valence-electron chi connectivity index (χ1n) is 10.3. The Bertz CT molecular complexity index is 864. The Morgan fingerprint density at radius 1 is 1.10 bits per heavy atom. The van der Waals surface area contributed by atoms with Crippen LogP contribution in [0.15, 0.2) is 24.3 Å². The number of fused-ring (bicyclic) bond motifs is 2. The maximum absolute atomic E-state index is 13.1. The lowest BCUT2D eigenvalue weighted by molar-refractivity contribution is -0.154. The molecule has 2 fully saturated rings. The molecule has 3 aliphatic rings. The van der Waals surface area contributed by atoms with Crippen molar-refractivity contribution in [2.45, 2.75) is 37.6 Å². The van der Waals surface area contributed by atoms with E-state index in [0.717, 1.165) is 30.6 Å². The van der Waals surface area contributed by atoms with Crippen molar-refractivity contribution in [2.75, 3.05) is 32.8 Å². The molecule has 0 saturated carbocycles. The van der Waals surface area contributed by atoms with Gasteiger partial charge >= 0.3 is 12.0 Å². The van der Waals surface area contributed by atoms with Crippen molar-refractivity contribution in [3.63, 3.8) is 0 Å². The standard InChI is InChI=1S/C21H25N3O6/c25-17(23-10-5-1-2-6-11-23)14-30-18(26)13-24-19(27)21(22-20(24)28)9-12-29-16-8-4-3-7-15(16)21/h3-4,7-8H,1-2,5-6,9-14H2,(H,22,28)/t21-/m1/s1. The Hall–Kier alpha value is -3.10. The van der Waals surface area contributed by atoms with Gasteiger partial charge in [-0.2, -0.15) is 0 Å². The summed E-state index contributed by atoms with van der Waals surface area (Å²) in [6, 6.07) is 6.36. The van der Waals surface area contributed by atoms with E-state index in [4.69, 9.17) is 9.47 Å². The molecule has 0 unspecified atom stereocenters. The molecule has 0 bridgehead atoms. The normalized spacial score (nSPS) is 23.5. The maximum atomic E-state index is 13.1. The van der Waals surface area contributed by atoms with E-state index >= 15 is 0 Å². The van der Waals surface area contributed by atoms with E-state index in [9.17, 15) is 19.2 Å². The summed E-state index contributed by atoms with van der Waals surface area (Å²) in [6.45, 7) is 0.666. The van der Waals surface area contributed by atoms with Gasteiger partial charge in [0.2, 0.25) is 0 Å². The van der Waals surface area contributed by atoms with E-state index in [1.807, 2.05) is 0 Å². The zero-order chi connectivity index (χ0) is 21.1. The molecule has 3 heterocycles. The summed E-state index contributed by atoms with van der Waals surface area (Å²) in [5.41, 5.74) is -0.671. The van der Waals surface area contributed by atoms with Crippen LogP contribution in [0.5, 0.6) is 5.75 Å². The van der Waals surface area contributed by atoms with E-state index in [1.165, 1.54) is 0 Å². The van der Waals surface area contributed by atoms with E-state index in [2.05, 4.69) is 5.32 Å². The molecule has 1 aromatic rings. The molecule has 0 aromatic heterocycles. The van der Waals surface area contributed by atoms with Gasteiger partial charge in [0.25, 0.3) is 11.8 Å². The highest BCUT2D eigenvalue weighted by Gasteiger charge is 2.55. The lowest BCUT2D eigenvalue weighted by atomic mass is 9.84. The summed E-state index contributed by atoms with van der Waals surface area (Å²) in [6.07, 6.45) is 4.33. The number of hydrogen-bond donors (Lipinski definition) is 1. The number of likely N-dealkylation sites (tertiary alicyclic amines) is 1. The second-order valence-corrected chi connectivity index (χ2v) is 7.78. The number of nitrogens with zero attached hydrogens (tertiary/aromatic N) is 2. The van der Waals surface area contributed by atoms with Crippen LogP contribution in [0.2, 0.25) is 0 Å². The first-order valence-corrected chi connectivity index (χ1v) is 10.3. The van der Waals surface area contributed by atoms with Crippen LogP contribution in [-0.2, 0) is 24.7 Å². The molecule has 0 aliphatic carbocycles. The molecule has 1 aromatic carbocycles. The van der Waals surface area contributed by atoms with Crippen molar-refractivity contribution in [2.24, 2.45) is 0 Å². The number of rotatable bonds is 4. The van der Waals surface area contributed by atoms with Gasteiger partial charge in [0.1, 0.15) is 12.3 Å². The molecule has 9 nitrogen and oxygen atoms in total. The molecule has 4 rings (SSSR count). The third-order valence-corrected chi connectivity index (χ3v) is 5.86. The molecule has 2 saturated heterocycles. The topological polar surface area (TPSA) is 105 Å². The number of hydrogen-bond acceptors (Lipinski definition) is 6. The fraction of sp³-hybridized carbons (Fsp3) is 0.524. The second kappa shape index (κ2) is 8.33. The molecule has 160 valence electrons. The summed E-state index contributed by atoms with van der Waals surface area (Å²) in [7, 11) is 0. The second-order valence-electron chi connectivity index (χ2n) is 7.78. The van der Waals surface area contributed by atoms with E-state index in [0.29, 0.717) is 24.4 Å². The van der Waals surface area contributed by atoms with Gasteiger partial charge < -0.3 is 19.7 Å². The molecular formula is C21H25N3O6. The van der Waals surface area contributed by atoms with Crippen LogP contribution in [0, 0.1) is 0 Å². The molecule has 0 radical (unpaired) electrons. The summed E-state index contributed by atoms with van der Waals surface area (Å²) in [5, 5.41) is 2.73. The number of nitrogens with one attached hydrogen (secondary N) is 1. The SMILES string of the molecule is O=C(CN1C(=O)N[C@@]2(CCOc3ccccc32)C1=O)OCC(=O)N1CCCCCC1. The Kier molecular flexibility index (Phi) is 5.61. The highest BCUT2D eigenvalue weighted by Crippen LogP contribution is 2.40. The van der Waals surface area contributed by atoms with Gasteiger partial charge in [-0.15, -0.1) is 0 Å². The monoisotopic (exact) mass is 415 g/mol. The quantitative estimate of drug-likeness (QED) is 0.585. The first kappa shape index (κ1) is 20.2. The van der Waals surface area contributed by atoms with Crippen LogP contribution in [0.25, 0.3) is 0 Å². The van der Waals surface area contributed by atoms with Gasteiger partial charge in [0, 0.05) is 25.1 Å². The minimum absolute atomic E-state index is 0.253. The predicted molar refractivity (Wildman–Crippen MR) is 104 cm³/mol.